The molecule has 0 saturated carbocycles. The Kier molecular flexibility index (Phi) is 7.67. The van der Waals surface area contributed by atoms with Crippen LogP contribution in [0, 0.1) is 11.7 Å². The molecule has 0 aliphatic carbocycles. The highest BCUT2D eigenvalue weighted by molar-refractivity contribution is 7.89. The predicted octanol–water partition coefficient (Wildman–Crippen LogP) is 3.28. The molecule has 1 fully saturated rings. The molecule has 2 rings (SSSR count). The van der Waals surface area contributed by atoms with Crippen molar-refractivity contribution in [2.45, 2.75) is 30.8 Å². The first-order valence-corrected chi connectivity index (χ1v) is 9.18. The molecular weight excluding hydrogens is 384 g/mol. The summed E-state index contributed by atoms with van der Waals surface area (Å²) in [5, 5.41) is 3.20. The molecule has 10 heteroatoms. The Morgan fingerprint density at radius 1 is 1.24 bits per heavy atom. The average Bonchev–Trinajstić information content (AvgIpc) is 2.52. The monoisotopic (exact) mass is 404 g/mol. The fraction of sp³-hybridized carbons (Fsp3) is 0.600. The van der Waals surface area contributed by atoms with E-state index >= 15 is 0 Å². The Morgan fingerprint density at radius 2 is 1.84 bits per heavy atom. The first-order valence-electron chi connectivity index (χ1n) is 7.74. The average molecular weight is 405 g/mol. The SMILES string of the molecule is CCNCC1CCN(S(=O)(=O)c2ccc(F)c(C(F)(F)F)c2)CC1.Cl. The fourth-order valence-corrected chi connectivity index (χ4v) is 4.23. The second-order valence-electron chi connectivity index (χ2n) is 5.79. The minimum Gasteiger partial charge on any atom is -0.317 e. The minimum atomic E-state index is -4.94. The van der Waals surface area contributed by atoms with Gasteiger partial charge in [0.2, 0.25) is 10.0 Å². The number of piperidine rings is 1. The summed E-state index contributed by atoms with van der Waals surface area (Å²) in [6.45, 7) is 4.09. The zero-order valence-corrected chi connectivity index (χ0v) is 15.3. The van der Waals surface area contributed by atoms with Crippen LogP contribution in [-0.2, 0) is 16.2 Å². The summed E-state index contributed by atoms with van der Waals surface area (Å²) >= 11 is 0. The maximum Gasteiger partial charge on any atom is 0.419 e. The van der Waals surface area contributed by atoms with Crippen LogP contribution in [0.4, 0.5) is 17.6 Å². The topological polar surface area (TPSA) is 49.4 Å². The van der Waals surface area contributed by atoms with Crippen LogP contribution in [0.1, 0.15) is 25.3 Å². The van der Waals surface area contributed by atoms with E-state index in [4.69, 9.17) is 0 Å². The maximum absolute atomic E-state index is 13.3. The van der Waals surface area contributed by atoms with Crippen molar-refractivity contribution in [3.05, 3.63) is 29.6 Å². The van der Waals surface area contributed by atoms with E-state index in [1.54, 1.807) is 0 Å². The fourth-order valence-electron chi connectivity index (χ4n) is 2.73. The molecule has 1 aliphatic rings. The highest BCUT2D eigenvalue weighted by Gasteiger charge is 2.36. The van der Waals surface area contributed by atoms with Crippen LogP contribution in [0.2, 0.25) is 0 Å². The van der Waals surface area contributed by atoms with Gasteiger partial charge in [0, 0.05) is 13.1 Å². The Hall–Kier alpha value is -0.900. The smallest absolute Gasteiger partial charge is 0.317 e. The van der Waals surface area contributed by atoms with Gasteiger partial charge in [-0.15, -0.1) is 12.4 Å². The number of alkyl halides is 3. The molecule has 1 heterocycles. The Bertz CT molecular complexity index is 675. The molecule has 1 saturated heterocycles. The number of sulfonamides is 1. The summed E-state index contributed by atoms with van der Waals surface area (Å²) in [5.74, 6) is -1.14. The van der Waals surface area contributed by atoms with Crippen molar-refractivity contribution in [1.29, 1.82) is 0 Å². The molecule has 144 valence electrons. The lowest BCUT2D eigenvalue weighted by molar-refractivity contribution is -0.140. The third-order valence-electron chi connectivity index (χ3n) is 4.14. The van der Waals surface area contributed by atoms with Gasteiger partial charge in [0.25, 0.3) is 0 Å². The van der Waals surface area contributed by atoms with Gasteiger partial charge in [0.1, 0.15) is 5.82 Å². The molecule has 1 N–H and O–H groups in total. The molecule has 0 spiro atoms. The van der Waals surface area contributed by atoms with Crippen molar-refractivity contribution >= 4 is 22.4 Å². The molecule has 1 aliphatic heterocycles. The van der Waals surface area contributed by atoms with Gasteiger partial charge in [0.05, 0.1) is 10.5 Å². The lowest BCUT2D eigenvalue weighted by Crippen LogP contribution is -2.40. The van der Waals surface area contributed by atoms with E-state index in [1.165, 1.54) is 4.31 Å². The number of benzene rings is 1. The zero-order chi connectivity index (χ0) is 18.0. The highest BCUT2D eigenvalue weighted by atomic mass is 35.5. The van der Waals surface area contributed by atoms with E-state index in [0.717, 1.165) is 19.2 Å². The molecule has 0 atom stereocenters. The van der Waals surface area contributed by atoms with E-state index in [1.807, 2.05) is 6.92 Å². The quantitative estimate of drug-likeness (QED) is 0.766. The predicted molar refractivity (Wildman–Crippen MR) is 88.7 cm³/mol. The number of nitrogens with zero attached hydrogens (tertiary/aromatic N) is 1. The van der Waals surface area contributed by atoms with Crippen LogP contribution in [0.5, 0.6) is 0 Å². The Morgan fingerprint density at radius 3 is 2.36 bits per heavy atom. The van der Waals surface area contributed by atoms with E-state index in [9.17, 15) is 26.0 Å². The van der Waals surface area contributed by atoms with E-state index in [-0.39, 0.29) is 25.5 Å². The van der Waals surface area contributed by atoms with Crippen molar-refractivity contribution in [3.8, 4) is 0 Å². The summed E-state index contributed by atoms with van der Waals surface area (Å²) in [7, 11) is -4.06. The number of hydrogen-bond donors (Lipinski definition) is 1. The minimum absolute atomic E-state index is 0. The van der Waals surface area contributed by atoms with E-state index in [2.05, 4.69) is 5.32 Å². The summed E-state index contributed by atoms with van der Waals surface area (Å²) < 4.78 is 77.9. The first kappa shape index (κ1) is 22.1. The number of hydrogen-bond acceptors (Lipinski definition) is 3. The van der Waals surface area contributed by atoms with Crippen LogP contribution >= 0.6 is 12.4 Å². The van der Waals surface area contributed by atoms with Gasteiger partial charge in [-0.25, -0.2) is 12.8 Å². The first-order chi connectivity index (χ1) is 11.2. The number of halogens is 5. The van der Waals surface area contributed by atoms with E-state index in [0.29, 0.717) is 30.9 Å². The second-order valence-corrected chi connectivity index (χ2v) is 7.73. The van der Waals surface area contributed by atoms with Crippen molar-refractivity contribution in [3.63, 3.8) is 0 Å². The van der Waals surface area contributed by atoms with Gasteiger partial charge in [-0.05, 0) is 50.0 Å². The summed E-state index contributed by atoms with van der Waals surface area (Å²) in [6, 6.07) is 1.80. The van der Waals surface area contributed by atoms with Crippen molar-refractivity contribution < 1.29 is 26.0 Å². The molecule has 0 amide bonds. The van der Waals surface area contributed by atoms with Crippen LogP contribution in [0.25, 0.3) is 0 Å². The summed E-state index contributed by atoms with van der Waals surface area (Å²) in [5.41, 5.74) is -1.56. The Balaban J connectivity index is 0.00000312. The van der Waals surface area contributed by atoms with Gasteiger partial charge >= 0.3 is 6.18 Å². The third kappa shape index (κ3) is 5.29. The largest absolute Gasteiger partial charge is 0.419 e. The molecule has 0 aromatic heterocycles. The van der Waals surface area contributed by atoms with Gasteiger partial charge in [0.15, 0.2) is 0 Å². The van der Waals surface area contributed by atoms with Crippen LogP contribution in [0.15, 0.2) is 23.1 Å². The van der Waals surface area contributed by atoms with E-state index < -0.39 is 32.5 Å². The molecule has 1 aromatic rings. The lowest BCUT2D eigenvalue weighted by Gasteiger charge is -2.31. The van der Waals surface area contributed by atoms with Crippen LogP contribution < -0.4 is 5.32 Å². The molecule has 0 bridgehead atoms. The molecule has 25 heavy (non-hydrogen) atoms. The van der Waals surface area contributed by atoms with Gasteiger partial charge in [-0.3, -0.25) is 0 Å². The van der Waals surface area contributed by atoms with Crippen LogP contribution in [0.3, 0.4) is 0 Å². The molecule has 4 nitrogen and oxygen atoms in total. The molecular formula is C15H21ClF4N2O2S. The van der Waals surface area contributed by atoms with Crippen LogP contribution in [-0.4, -0.2) is 38.9 Å². The normalized spacial score (nSPS) is 17.3. The second kappa shape index (κ2) is 8.66. The number of rotatable bonds is 5. The molecule has 0 unspecified atom stereocenters. The number of nitrogens with one attached hydrogen (secondary N) is 1. The summed E-state index contributed by atoms with van der Waals surface area (Å²) in [6.07, 6.45) is -3.66. The van der Waals surface area contributed by atoms with Gasteiger partial charge in [-0.1, -0.05) is 6.92 Å². The van der Waals surface area contributed by atoms with Gasteiger partial charge < -0.3 is 5.32 Å². The highest BCUT2D eigenvalue weighted by Crippen LogP contribution is 2.34. The lowest BCUT2D eigenvalue weighted by atomic mass is 9.98. The summed E-state index contributed by atoms with van der Waals surface area (Å²) in [4.78, 5) is -0.527. The zero-order valence-electron chi connectivity index (χ0n) is 13.6. The third-order valence-corrected chi connectivity index (χ3v) is 6.03. The maximum atomic E-state index is 13.3. The van der Waals surface area contributed by atoms with Crippen molar-refractivity contribution in [2.75, 3.05) is 26.2 Å². The molecule has 1 aromatic carbocycles. The van der Waals surface area contributed by atoms with Gasteiger partial charge in [-0.2, -0.15) is 17.5 Å². The Labute approximate surface area is 151 Å². The van der Waals surface area contributed by atoms with Crippen molar-refractivity contribution in [2.24, 2.45) is 5.92 Å². The standard InChI is InChI=1S/C15H20F4N2O2S.ClH/c1-2-20-10-11-5-7-21(8-6-11)24(22,23)12-3-4-14(16)13(9-12)15(17,18)19;/h3-4,9,11,20H,2,5-8,10H2,1H3;1H. The van der Waals surface area contributed by atoms with Crippen molar-refractivity contribution in [1.82, 2.24) is 9.62 Å². The molecule has 0 radical (unpaired) electrons.